The third-order valence-corrected chi connectivity index (χ3v) is 4.37. The predicted molar refractivity (Wildman–Crippen MR) is 76.0 cm³/mol. The van der Waals surface area contributed by atoms with Crippen molar-refractivity contribution >= 4 is 17.5 Å². The quantitative estimate of drug-likeness (QED) is 0.901. The summed E-state index contributed by atoms with van der Waals surface area (Å²) < 4.78 is 0. The van der Waals surface area contributed by atoms with Gasteiger partial charge in [-0.1, -0.05) is 23.7 Å². The summed E-state index contributed by atoms with van der Waals surface area (Å²) >= 11 is 6.02. The molecule has 2 saturated heterocycles. The lowest BCUT2D eigenvalue weighted by atomic mass is 9.99. The number of fused-ring (bicyclic) bond motifs is 1. The molecular weight excluding hydrogens is 260 g/mol. The molecule has 2 atom stereocenters. The fourth-order valence-electron chi connectivity index (χ4n) is 3.24. The third kappa shape index (κ3) is 3.10. The summed E-state index contributed by atoms with van der Waals surface area (Å²) in [5, 5.41) is 3.95. The number of hydrogen-bond acceptors (Lipinski definition) is 2. The average Bonchev–Trinajstić information content (AvgIpc) is 2.62. The van der Waals surface area contributed by atoms with Crippen LogP contribution in [-0.4, -0.2) is 29.9 Å². The summed E-state index contributed by atoms with van der Waals surface area (Å²) in [6, 6.07) is 8.37. The van der Waals surface area contributed by atoms with E-state index in [1.807, 2.05) is 18.2 Å². The number of benzene rings is 1. The van der Waals surface area contributed by atoms with Crippen LogP contribution in [0.3, 0.4) is 0 Å². The van der Waals surface area contributed by atoms with Crippen LogP contribution in [0.4, 0.5) is 0 Å². The molecule has 3 nitrogen and oxygen atoms in total. The zero-order valence-electron chi connectivity index (χ0n) is 10.9. The highest BCUT2D eigenvalue weighted by molar-refractivity contribution is 6.30. The molecule has 2 heterocycles. The van der Waals surface area contributed by atoms with Crippen LogP contribution >= 0.6 is 11.6 Å². The Hall–Kier alpha value is -1.06. The summed E-state index contributed by atoms with van der Waals surface area (Å²) in [6.07, 6.45) is 2.88. The molecule has 2 aliphatic rings. The SMILES string of the molecule is O=C1CCCC2CN(Cc3cccc(Cl)c3)CC2N1. The lowest BCUT2D eigenvalue weighted by Crippen LogP contribution is -2.38. The molecule has 1 aromatic rings. The minimum atomic E-state index is 0.220. The number of likely N-dealkylation sites (tertiary alicyclic amines) is 1. The molecule has 4 heteroatoms. The van der Waals surface area contributed by atoms with Gasteiger partial charge in [-0.2, -0.15) is 0 Å². The maximum atomic E-state index is 11.6. The van der Waals surface area contributed by atoms with Crippen molar-refractivity contribution in [2.75, 3.05) is 13.1 Å². The first-order valence-corrected chi connectivity index (χ1v) is 7.34. The second kappa shape index (κ2) is 5.51. The lowest BCUT2D eigenvalue weighted by Gasteiger charge is -2.16. The van der Waals surface area contributed by atoms with E-state index in [0.29, 0.717) is 18.4 Å². The van der Waals surface area contributed by atoms with Crippen LogP contribution in [0.25, 0.3) is 0 Å². The van der Waals surface area contributed by atoms with E-state index in [1.165, 1.54) is 5.56 Å². The van der Waals surface area contributed by atoms with Crippen LogP contribution in [0.5, 0.6) is 0 Å². The standard InChI is InChI=1S/C15H19ClN2O/c16-13-5-1-3-11(7-13)8-18-9-12-4-2-6-15(19)17-14(12)10-18/h1,3,5,7,12,14H,2,4,6,8-10H2,(H,17,19). The predicted octanol–water partition coefficient (Wildman–Crippen LogP) is 2.44. The van der Waals surface area contributed by atoms with Crippen molar-refractivity contribution in [2.24, 2.45) is 5.92 Å². The van der Waals surface area contributed by atoms with Crippen molar-refractivity contribution in [1.29, 1.82) is 0 Å². The fourth-order valence-corrected chi connectivity index (χ4v) is 3.46. The first-order valence-electron chi connectivity index (χ1n) is 6.97. The van der Waals surface area contributed by atoms with Gasteiger partial charge >= 0.3 is 0 Å². The monoisotopic (exact) mass is 278 g/mol. The smallest absolute Gasteiger partial charge is 0.220 e. The summed E-state index contributed by atoms with van der Waals surface area (Å²) in [7, 11) is 0. The van der Waals surface area contributed by atoms with Gasteiger partial charge in [0.1, 0.15) is 0 Å². The first kappa shape index (κ1) is 12.9. The summed E-state index contributed by atoms with van der Waals surface area (Å²) in [5.74, 6) is 0.836. The molecule has 102 valence electrons. The highest BCUT2D eigenvalue weighted by Gasteiger charge is 2.34. The Kier molecular flexibility index (Phi) is 3.76. The van der Waals surface area contributed by atoms with Crippen LogP contribution in [-0.2, 0) is 11.3 Å². The Bertz CT molecular complexity index is 477. The van der Waals surface area contributed by atoms with Gasteiger partial charge in [0.15, 0.2) is 0 Å². The minimum absolute atomic E-state index is 0.220. The van der Waals surface area contributed by atoms with Crippen LogP contribution in [0.2, 0.25) is 5.02 Å². The van der Waals surface area contributed by atoms with Crippen molar-refractivity contribution in [3.05, 3.63) is 34.9 Å². The zero-order valence-corrected chi connectivity index (χ0v) is 11.7. The normalized spacial score (nSPS) is 27.7. The van der Waals surface area contributed by atoms with Crippen molar-refractivity contribution in [3.63, 3.8) is 0 Å². The van der Waals surface area contributed by atoms with Crippen molar-refractivity contribution in [3.8, 4) is 0 Å². The van der Waals surface area contributed by atoms with E-state index >= 15 is 0 Å². The van der Waals surface area contributed by atoms with Crippen LogP contribution < -0.4 is 5.32 Å². The van der Waals surface area contributed by atoms with Gasteiger partial charge in [-0.05, 0) is 36.5 Å². The Morgan fingerprint density at radius 2 is 2.26 bits per heavy atom. The average molecular weight is 279 g/mol. The number of amides is 1. The Morgan fingerprint density at radius 3 is 3.11 bits per heavy atom. The Balaban J connectivity index is 1.64. The number of carbonyl (C=O) groups excluding carboxylic acids is 1. The summed E-state index contributed by atoms with van der Waals surface area (Å²) in [6.45, 7) is 2.96. The van der Waals surface area contributed by atoms with E-state index in [-0.39, 0.29) is 5.91 Å². The molecule has 0 aromatic heterocycles. The molecule has 1 aromatic carbocycles. The second-order valence-corrected chi connectivity index (χ2v) is 6.09. The van der Waals surface area contributed by atoms with E-state index < -0.39 is 0 Å². The highest BCUT2D eigenvalue weighted by atomic mass is 35.5. The number of halogens is 1. The first-order chi connectivity index (χ1) is 9.20. The van der Waals surface area contributed by atoms with Gasteiger partial charge in [-0.15, -0.1) is 0 Å². The van der Waals surface area contributed by atoms with Crippen LogP contribution in [0.1, 0.15) is 24.8 Å². The number of nitrogens with one attached hydrogen (secondary N) is 1. The van der Waals surface area contributed by atoms with Gasteiger partial charge in [0.2, 0.25) is 5.91 Å². The molecule has 0 aliphatic carbocycles. The number of hydrogen-bond donors (Lipinski definition) is 1. The molecule has 0 saturated carbocycles. The van der Waals surface area contributed by atoms with Crippen LogP contribution in [0, 0.1) is 5.92 Å². The molecule has 0 radical (unpaired) electrons. The topological polar surface area (TPSA) is 32.3 Å². The second-order valence-electron chi connectivity index (χ2n) is 5.65. The number of nitrogens with zero attached hydrogens (tertiary/aromatic N) is 1. The zero-order chi connectivity index (χ0) is 13.2. The largest absolute Gasteiger partial charge is 0.352 e. The van der Waals surface area contributed by atoms with Gasteiger partial charge in [0.05, 0.1) is 0 Å². The van der Waals surface area contributed by atoms with E-state index in [4.69, 9.17) is 11.6 Å². The number of carbonyl (C=O) groups is 1. The summed E-state index contributed by atoms with van der Waals surface area (Å²) in [5.41, 5.74) is 1.25. The van der Waals surface area contributed by atoms with Gasteiger partial charge in [0, 0.05) is 37.1 Å². The Morgan fingerprint density at radius 1 is 1.37 bits per heavy atom. The van der Waals surface area contributed by atoms with Crippen molar-refractivity contribution in [1.82, 2.24) is 10.2 Å². The molecule has 1 N–H and O–H groups in total. The molecule has 3 rings (SSSR count). The van der Waals surface area contributed by atoms with E-state index in [0.717, 1.165) is 37.5 Å². The molecule has 2 aliphatic heterocycles. The van der Waals surface area contributed by atoms with Crippen molar-refractivity contribution in [2.45, 2.75) is 31.8 Å². The van der Waals surface area contributed by atoms with E-state index in [9.17, 15) is 4.79 Å². The lowest BCUT2D eigenvalue weighted by molar-refractivity contribution is -0.121. The minimum Gasteiger partial charge on any atom is -0.352 e. The maximum absolute atomic E-state index is 11.6. The molecule has 2 fully saturated rings. The van der Waals surface area contributed by atoms with E-state index in [1.54, 1.807) is 0 Å². The van der Waals surface area contributed by atoms with Crippen LogP contribution in [0.15, 0.2) is 24.3 Å². The van der Waals surface area contributed by atoms with Gasteiger partial charge in [0.25, 0.3) is 0 Å². The molecule has 1 amide bonds. The highest BCUT2D eigenvalue weighted by Crippen LogP contribution is 2.26. The van der Waals surface area contributed by atoms with Gasteiger partial charge < -0.3 is 5.32 Å². The molecule has 0 bridgehead atoms. The van der Waals surface area contributed by atoms with Gasteiger partial charge in [-0.25, -0.2) is 0 Å². The molecular formula is C15H19ClN2O. The van der Waals surface area contributed by atoms with Crippen molar-refractivity contribution < 1.29 is 4.79 Å². The molecule has 0 spiro atoms. The fraction of sp³-hybridized carbons (Fsp3) is 0.533. The molecule has 19 heavy (non-hydrogen) atoms. The van der Waals surface area contributed by atoms with Gasteiger partial charge in [-0.3, -0.25) is 9.69 Å². The third-order valence-electron chi connectivity index (χ3n) is 4.14. The molecule has 2 unspecified atom stereocenters. The van der Waals surface area contributed by atoms with E-state index in [2.05, 4.69) is 16.3 Å². The Labute approximate surface area is 118 Å². The summed E-state index contributed by atoms with van der Waals surface area (Å²) in [4.78, 5) is 14.0. The number of rotatable bonds is 2. The maximum Gasteiger partial charge on any atom is 0.220 e.